The molecule has 0 aromatic heterocycles. The molecular formula is C33H43N3O4S. The number of hydrogen-bond acceptors (Lipinski definition) is 4. The third-order valence-electron chi connectivity index (χ3n) is 6.88. The number of hydrogen-bond donors (Lipinski definition) is 1. The van der Waals surface area contributed by atoms with E-state index in [1.165, 1.54) is 4.90 Å². The van der Waals surface area contributed by atoms with Crippen molar-refractivity contribution in [1.29, 1.82) is 0 Å². The van der Waals surface area contributed by atoms with Crippen molar-refractivity contribution in [2.45, 2.75) is 72.0 Å². The van der Waals surface area contributed by atoms with Crippen molar-refractivity contribution in [2.24, 2.45) is 0 Å². The highest BCUT2D eigenvalue weighted by Crippen LogP contribution is 2.29. The molecule has 2 amide bonds. The second-order valence-electron chi connectivity index (χ2n) is 11.9. The number of anilines is 1. The van der Waals surface area contributed by atoms with Crippen LogP contribution in [0.15, 0.2) is 78.9 Å². The van der Waals surface area contributed by atoms with Crippen LogP contribution in [0.3, 0.4) is 0 Å². The number of amides is 2. The molecule has 8 heteroatoms. The van der Waals surface area contributed by atoms with Crippen molar-refractivity contribution in [3.63, 3.8) is 0 Å². The average molecular weight is 578 g/mol. The highest BCUT2D eigenvalue weighted by atomic mass is 32.2. The fourth-order valence-electron chi connectivity index (χ4n) is 4.78. The summed E-state index contributed by atoms with van der Waals surface area (Å²) in [4.78, 5) is 29.7. The Morgan fingerprint density at radius 2 is 1.46 bits per heavy atom. The third kappa shape index (κ3) is 8.92. The molecule has 3 rings (SSSR count). The minimum absolute atomic E-state index is 0.0389. The highest BCUT2D eigenvalue weighted by molar-refractivity contribution is 7.92. The Labute approximate surface area is 245 Å². The molecule has 0 aliphatic heterocycles. The van der Waals surface area contributed by atoms with Gasteiger partial charge in [0, 0.05) is 18.5 Å². The van der Waals surface area contributed by atoms with Gasteiger partial charge in [0.2, 0.25) is 21.8 Å². The largest absolute Gasteiger partial charge is 0.350 e. The zero-order valence-electron chi connectivity index (χ0n) is 25.2. The van der Waals surface area contributed by atoms with E-state index in [2.05, 4.69) is 5.32 Å². The molecule has 7 nitrogen and oxygen atoms in total. The number of sulfonamides is 1. The normalized spacial score (nSPS) is 12.6. The highest BCUT2D eigenvalue weighted by Gasteiger charge is 2.35. The first-order valence-electron chi connectivity index (χ1n) is 13.9. The van der Waals surface area contributed by atoms with Gasteiger partial charge in [-0.25, -0.2) is 8.42 Å². The first-order valence-corrected chi connectivity index (χ1v) is 15.8. The molecule has 3 aromatic rings. The molecule has 3 aromatic carbocycles. The Balaban J connectivity index is 2.12. The Hall–Kier alpha value is -3.65. The van der Waals surface area contributed by atoms with Gasteiger partial charge < -0.3 is 10.2 Å². The quantitative estimate of drug-likeness (QED) is 0.329. The van der Waals surface area contributed by atoms with Gasteiger partial charge in [-0.1, -0.05) is 86.6 Å². The molecule has 0 aliphatic rings. The van der Waals surface area contributed by atoms with Gasteiger partial charge in [0.15, 0.2) is 0 Å². The second kappa shape index (κ2) is 13.3. The number of rotatable bonds is 11. The zero-order chi connectivity index (χ0) is 30.4. The van der Waals surface area contributed by atoms with Crippen LogP contribution in [0, 0.1) is 6.92 Å². The third-order valence-corrected chi connectivity index (χ3v) is 8.00. The smallest absolute Gasteiger partial charge is 0.244 e. The van der Waals surface area contributed by atoms with Gasteiger partial charge >= 0.3 is 0 Å². The first kappa shape index (κ1) is 31.9. The summed E-state index contributed by atoms with van der Waals surface area (Å²) in [7, 11) is -3.83. The van der Waals surface area contributed by atoms with Crippen LogP contribution in [0.25, 0.3) is 0 Å². The predicted molar refractivity (Wildman–Crippen MR) is 166 cm³/mol. The van der Waals surface area contributed by atoms with Crippen molar-refractivity contribution >= 4 is 27.5 Å². The lowest BCUT2D eigenvalue weighted by Crippen LogP contribution is -2.56. The van der Waals surface area contributed by atoms with Gasteiger partial charge in [-0.15, -0.1) is 0 Å². The maximum Gasteiger partial charge on any atom is 0.244 e. The first-order chi connectivity index (χ1) is 19.2. The number of carbonyl (C=O) groups excluding carboxylic acids is 2. The topological polar surface area (TPSA) is 86.8 Å². The maximum atomic E-state index is 14.3. The summed E-state index contributed by atoms with van der Waals surface area (Å²) >= 11 is 0. The summed E-state index contributed by atoms with van der Waals surface area (Å²) in [6, 6.07) is 23.6. The number of nitrogens with zero attached hydrogens (tertiary/aromatic N) is 2. The molecular weight excluding hydrogens is 534 g/mol. The molecule has 0 heterocycles. The van der Waals surface area contributed by atoms with E-state index in [4.69, 9.17) is 0 Å². The summed E-state index contributed by atoms with van der Waals surface area (Å²) in [5.41, 5.74) is 3.52. The van der Waals surface area contributed by atoms with E-state index < -0.39 is 34.1 Å². The van der Waals surface area contributed by atoms with Gasteiger partial charge in [0.25, 0.3) is 0 Å². The van der Waals surface area contributed by atoms with Crippen LogP contribution in [0.1, 0.15) is 62.8 Å². The lowest BCUT2D eigenvalue weighted by Gasteiger charge is -2.35. The van der Waals surface area contributed by atoms with Crippen molar-refractivity contribution < 1.29 is 18.0 Å². The Morgan fingerprint density at radius 3 is 2.05 bits per heavy atom. The monoisotopic (exact) mass is 577 g/mol. The van der Waals surface area contributed by atoms with Gasteiger partial charge in [0.05, 0.1) is 11.9 Å². The number of para-hydroxylation sites is 1. The van der Waals surface area contributed by atoms with Crippen LogP contribution in [0.4, 0.5) is 5.69 Å². The number of aryl methyl sites for hydroxylation is 1. The van der Waals surface area contributed by atoms with E-state index in [1.54, 1.807) is 12.1 Å². The summed E-state index contributed by atoms with van der Waals surface area (Å²) in [5, 5.41) is 3.05. The number of nitrogens with one attached hydrogen (secondary N) is 1. The molecule has 1 atom stereocenters. The van der Waals surface area contributed by atoms with Crippen molar-refractivity contribution in [3.8, 4) is 0 Å². The van der Waals surface area contributed by atoms with Crippen LogP contribution in [0.5, 0.6) is 0 Å². The Kier molecular flexibility index (Phi) is 10.4. The van der Waals surface area contributed by atoms with Crippen molar-refractivity contribution in [3.05, 3.63) is 101 Å². The molecule has 0 saturated heterocycles. The maximum absolute atomic E-state index is 14.3. The second-order valence-corrected chi connectivity index (χ2v) is 13.8. The summed E-state index contributed by atoms with van der Waals surface area (Å²) < 4.78 is 27.4. The van der Waals surface area contributed by atoms with Crippen molar-refractivity contribution in [1.82, 2.24) is 10.2 Å². The molecule has 0 radical (unpaired) electrons. The predicted octanol–water partition coefficient (Wildman–Crippen LogP) is 5.44. The van der Waals surface area contributed by atoms with E-state index in [0.717, 1.165) is 32.8 Å². The zero-order valence-corrected chi connectivity index (χ0v) is 26.0. The molecule has 0 fully saturated rings. The van der Waals surface area contributed by atoms with E-state index >= 15 is 0 Å². The number of benzene rings is 3. The number of carbonyl (C=O) groups is 2. The Morgan fingerprint density at radius 1 is 0.878 bits per heavy atom. The molecule has 1 unspecified atom stereocenters. The summed E-state index contributed by atoms with van der Waals surface area (Å²) in [6.45, 7) is 11.3. The van der Waals surface area contributed by atoms with Crippen LogP contribution >= 0.6 is 0 Å². The minimum Gasteiger partial charge on any atom is -0.350 e. The van der Waals surface area contributed by atoms with Crippen molar-refractivity contribution in [2.75, 3.05) is 17.1 Å². The van der Waals surface area contributed by atoms with E-state index in [0.29, 0.717) is 5.69 Å². The fourth-order valence-corrected chi connectivity index (χ4v) is 5.64. The molecule has 220 valence electrons. The molecule has 0 spiro atoms. The molecule has 41 heavy (non-hydrogen) atoms. The van der Waals surface area contributed by atoms with Gasteiger partial charge in [0.1, 0.15) is 12.6 Å². The van der Waals surface area contributed by atoms with E-state index in [1.807, 2.05) is 108 Å². The van der Waals surface area contributed by atoms with Gasteiger partial charge in [-0.05, 0) is 61.9 Å². The van der Waals surface area contributed by atoms with E-state index in [-0.39, 0.29) is 24.8 Å². The lowest BCUT2D eigenvalue weighted by atomic mass is 9.99. The summed E-state index contributed by atoms with van der Waals surface area (Å²) in [6.07, 6.45) is 1.39. The fraction of sp³-hybridized carbons (Fsp3) is 0.394. The van der Waals surface area contributed by atoms with E-state index in [9.17, 15) is 18.0 Å². The molecule has 0 saturated carbocycles. The standard InChI is InChI=1S/C33H43N3O4S/c1-24(2)28-19-13-14-20-29(28)36(41(7,39)40)23-31(37)35(22-27-18-12-11-15-25(27)3)30(32(38)34-33(4,5)6)21-26-16-9-8-10-17-26/h8-20,24,30H,21-23H2,1-7H3,(H,34,38). The van der Waals surface area contributed by atoms with Gasteiger partial charge in [-0.2, -0.15) is 0 Å². The van der Waals surface area contributed by atoms with Crippen LogP contribution in [0.2, 0.25) is 0 Å². The van der Waals surface area contributed by atoms with Crippen LogP contribution in [-0.4, -0.2) is 49.5 Å². The SMILES string of the molecule is Cc1ccccc1CN(C(=O)CN(c1ccccc1C(C)C)S(C)(=O)=O)C(Cc1ccccc1)C(=O)NC(C)(C)C. The minimum atomic E-state index is -3.83. The lowest BCUT2D eigenvalue weighted by molar-refractivity contribution is -0.140. The van der Waals surface area contributed by atoms with Crippen LogP contribution in [-0.2, 0) is 32.6 Å². The molecule has 0 bridgehead atoms. The van der Waals surface area contributed by atoms with Crippen LogP contribution < -0.4 is 9.62 Å². The Bertz CT molecular complexity index is 1450. The molecule has 1 N–H and O–H groups in total. The average Bonchev–Trinajstić information content (AvgIpc) is 2.89. The van der Waals surface area contributed by atoms with Gasteiger partial charge in [-0.3, -0.25) is 13.9 Å². The molecule has 0 aliphatic carbocycles. The summed E-state index contributed by atoms with van der Waals surface area (Å²) in [5.74, 6) is -0.712.